The molecule has 11 heavy (non-hydrogen) atoms. The van der Waals surface area contributed by atoms with Crippen molar-refractivity contribution in [3.63, 3.8) is 0 Å². The molecule has 0 aliphatic rings. The first kappa shape index (κ1) is 13.4. The fraction of sp³-hybridized carbons (Fsp3) is 0.750. The molecule has 7 heteroatoms. The first-order chi connectivity index (χ1) is 4.68. The lowest BCUT2D eigenvalue weighted by atomic mass is 10.4. The summed E-state index contributed by atoms with van der Waals surface area (Å²) in [5.74, 6) is 0. The summed E-state index contributed by atoms with van der Waals surface area (Å²) in [5, 5.41) is 30.7. The van der Waals surface area contributed by atoms with Crippen LogP contribution >= 0.6 is 23.2 Å². The van der Waals surface area contributed by atoms with Crippen molar-refractivity contribution in [2.24, 2.45) is 0 Å². The van der Waals surface area contributed by atoms with Crippen LogP contribution in [0.2, 0.25) is 0 Å². The number of aliphatic hydroxyl groups excluding tert-OH is 1. The molecule has 0 heterocycles. The first-order valence-electron chi connectivity index (χ1n) is 2.38. The van der Waals surface area contributed by atoms with Gasteiger partial charge in [-0.15, -0.1) is 0 Å². The van der Waals surface area contributed by atoms with Crippen molar-refractivity contribution >= 4 is 29.4 Å². The number of alkyl halides is 2. The van der Waals surface area contributed by atoms with Gasteiger partial charge in [0.25, 0.3) is 0 Å². The molecule has 0 bridgehead atoms. The Morgan fingerprint density at radius 2 is 1.55 bits per heavy atom. The van der Waals surface area contributed by atoms with Crippen molar-refractivity contribution in [2.45, 2.75) is 17.5 Å². The number of carbonyl (C=O) groups is 1. The second-order valence-electron chi connectivity index (χ2n) is 1.55. The van der Waals surface area contributed by atoms with Gasteiger partial charge in [-0.1, -0.05) is 23.2 Å². The van der Waals surface area contributed by atoms with Crippen molar-refractivity contribution < 1.29 is 25.2 Å². The van der Waals surface area contributed by atoms with Gasteiger partial charge in [-0.25, -0.2) is 4.79 Å². The van der Waals surface area contributed by atoms with Crippen LogP contribution in [0.15, 0.2) is 0 Å². The molecular weight excluding hydrogens is 199 g/mol. The van der Waals surface area contributed by atoms with Crippen LogP contribution < -0.4 is 0 Å². The highest BCUT2D eigenvalue weighted by Crippen LogP contribution is 2.20. The Morgan fingerprint density at radius 3 is 1.55 bits per heavy atom. The van der Waals surface area contributed by atoms with Gasteiger partial charge < -0.3 is 20.4 Å². The first-order valence-corrected chi connectivity index (χ1v) is 3.13. The zero-order chi connectivity index (χ0) is 9.65. The topological polar surface area (TPSA) is 98.0 Å². The summed E-state index contributed by atoms with van der Waals surface area (Å²) < 4.78 is -2.00. The second-order valence-corrected chi connectivity index (χ2v) is 2.89. The molecule has 0 aromatic carbocycles. The van der Waals surface area contributed by atoms with E-state index in [2.05, 4.69) is 0 Å². The molecular formula is C4H8Cl2O5. The highest BCUT2D eigenvalue weighted by atomic mass is 35.5. The van der Waals surface area contributed by atoms with Crippen molar-refractivity contribution in [2.75, 3.05) is 0 Å². The molecule has 5 nitrogen and oxygen atoms in total. The molecule has 0 aliphatic heterocycles. The Labute approximate surface area is 72.8 Å². The highest BCUT2D eigenvalue weighted by molar-refractivity contribution is 6.47. The molecule has 0 spiro atoms. The Kier molecular flexibility index (Phi) is 6.59. The summed E-state index contributed by atoms with van der Waals surface area (Å²) in [4.78, 5) is 8.56. The van der Waals surface area contributed by atoms with Gasteiger partial charge in [-0.05, 0) is 6.92 Å². The maximum atomic E-state index is 8.56. The monoisotopic (exact) mass is 206 g/mol. The molecule has 4 N–H and O–H groups in total. The van der Waals surface area contributed by atoms with E-state index in [4.69, 9.17) is 48.4 Å². The molecule has 1 unspecified atom stereocenters. The van der Waals surface area contributed by atoms with Crippen molar-refractivity contribution in [3.05, 3.63) is 0 Å². The predicted octanol–water partition coefficient (Wildman–Crippen LogP) is 0.713. The Bertz CT molecular complexity index is 114. The van der Waals surface area contributed by atoms with E-state index in [-0.39, 0.29) is 0 Å². The van der Waals surface area contributed by atoms with E-state index in [1.165, 1.54) is 6.92 Å². The number of halogens is 2. The quantitative estimate of drug-likeness (QED) is 0.474. The van der Waals surface area contributed by atoms with Crippen LogP contribution in [0.3, 0.4) is 0 Å². The molecule has 0 saturated heterocycles. The molecule has 0 rings (SSSR count). The summed E-state index contributed by atoms with van der Waals surface area (Å²) in [7, 11) is 0. The molecule has 0 radical (unpaired) electrons. The van der Waals surface area contributed by atoms with Crippen LogP contribution in [0.5, 0.6) is 0 Å². The van der Waals surface area contributed by atoms with E-state index in [1.54, 1.807) is 0 Å². The summed E-state index contributed by atoms with van der Waals surface area (Å²) in [6, 6.07) is 0. The summed E-state index contributed by atoms with van der Waals surface area (Å²) in [5.41, 5.74) is 0. The minimum absolute atomic E-state index is 1.11. The minimum Gasteiger partial charge on any atom is -0.450 e. The van der Waals surface area contributed by atoms with Crippen LogP contribution in [0, 0.1) is 0 Å². The molecule has 0 saturated carbocycles. The molecule has 1 atom stereocenters. The number of aliphatic hydroxyl groups is 2. The van der Waals surface area contributed by atoms with Crippen LogP contribution in [0.1, 0.15) is 6.92 Å². The van der Waals surface area contributed by atoms with E-state index >= 15 is 0 Å². The smallest absolute Gasteiger partial charge is 0.450 e. The van der Waals surface area contributed by atoms with Crippen molar-refractivity contribution in [1.82, 2.24) is 0 Å². The van der Waals surface area contributed by atoms with E-state index in [1.807, 2.05) is 0 Å². The third-order valence-corrected chi connectivity index (χ3v) is 1.13. The SMILES string of the molecule is CC(O)C(O)(Cl)Cl.O=C(O)O. The van der Waals surface area contributed by atoms with Gasteiger partial charge in [0.1, 0.15) is 6.10 Å². The molecule has 0 aromatic heterocycles. The summed E-state index contributed by atoms with van der Waals surface area (Å²) in [6.07, 6.45) is -2.95. The minimum atomic E-state index is -2.00. The van der Waals surface area contributed by atoms with Crippen molar-refractivity contribution in [3.8, 4) is 0 Å². The third-order valence-electron chi connectivity index (χ3n) is 0.503. The van der Waals surface area contributed by atoms with Gasteiger partial charge in [0.15, 0.2) is 0 Å². The third kappa shape index (κ3) is 17.7. The lowest BCUT2D eigenvalue weighted by Gasteiger charge is -2.13. The van der Waals surface area contributed by atoms with Crippen LogP contribution in [0.25, 0.3) is 0 Å². The standard InChI is InChI=1S/C3H6Cl2O2.CH2O3/c1-2(6)3(4,5)7;2-1(3)4/h2,6-7H,1H3;(H2,2,3,4). The van der Waals surface area contributed by atoms with Gasteiger partial charge in [-0.3, -0.25) is 0 Å². The lowest BCUT2D eigenvalue weighted by molar-refractivity contribution is 0.0549. The average Bonchev–Trinajstić information content (AvgIpc) is 1.59. The van der Waals surface area contributed by atoms with Gasteiger partial charge >= 0.3 is 6.16 Å². The van der Waals surface area contributed by atoms with E-state index in [9.17, 15) is 0 Å². The maximum Gasteiger partial charge on any atom is 0.503 e. The summed E-state index contributed by atoms with van der Waals surface area (Å²) in [6.45, 7) is 1.29. The maximum absolute atomic E-state index is 8.56. The van der Waals surface area contributed by atoms with Gasteiger partial charge in [0, 0.05) is 0 Å². The molecule has 68 valence electrons. The summed E-state index contributed by atoms with van der Waals surface area (Å²) >= 11 is 9.88. The van der Waals surface area contributed by atoms with E-state index < -0.39 is 16.8 Å². The number of rotatable bonds is 1. The highest BCUT2D eigenvalue weighted by Gasteiger charge is 2.25. The Hall–Kier alpha value is -0.230. The fourth-order valence-corrected chi connectivity index (χ4v) is 0. The van der Waals surface area contributed by atoms with Gasteiger partial charge in [0.2, 0.25) is 4.52 Å². The predicted molar refractivity (Wildman–Crippen MR) is 39.0 cm³/mol. The zero-order valence-electron chi connectivity index (χ0n) is 5.53. The van der Waals surface area contributed by atoms with Crippen LogP contribution in [-0.4, -0.2) is 37.2 Å². The second kappa shape index (κ2) is 5.42. The largest absolute Gasteiger partial charge is 0.503 e. The average molecular weight is 207 g/mol. The number of carboxylic acid groups (broad SMARTS) is 2. The lowest BCUT2D eigenvalue weighted by Crippen LogP contribution is -2.26. The van der Waals surface area contributed by atoms with Crippen molar-refractivity contribution in [1.29, 1.82) is 0 Å². The van der Waals surface area contributed by atoms with Crippen LogP contribution in [-0.2, 0) is 0 Å². The van der Waals surface area contributed by atoms with E-state index in [0.29, 0.717) is 0 Å². The Morgan fingerprint density at radius 1 is 1.45 bits per heavy atom. The molecule has 0 fully saturated rings. The van der Waals surface area contributed by atoms with Gasteiger partial charge in [-0.2, -0.15) is 0 Å². The molecule has 0 aliphatic carbocycles. The molecule has 0 aromatic rings. The number of hydrogen-bond acceptors (Lipinski definition) is 3. The molecule has 0 amide bonds. The zero-order valence-corrected chi connectivity index (χ0v) is 7.04. The Balaban J connectivity index is 0. The number of hydrogen-bond donors (Lipinski definition) is 4. The van der Waals surface area contributed by atoms with E-state index in [0.717, 1.165) is 0 Å². The normalized spacial score (nSPS) is 12.8. The fourth-order valence-electron chi connectivity index (χ4n) is 0. The van der Waals surface area contributed by atoms with Crippen LogP contribution in [0.4, 0.5) is 4.79 Å². The van der Waals surface area contributed by atoms with Gasteiger partial charge in [0.05, 0.1) is 0 Å².